The molecule has 0 aliphatic carbocycles. The molecule has 0 spiro atoms. The summed E-state index contributed by atoms with van der Waals surface area (Å²) in [5, 5.41) is 0. The van der Waals surface area contributed by atoms with Gasteiger partial charge in [-0.25, -0.2) is 4.98 Å². The third-order valence-corrected chi connectivity index (χ3v) is 3.42. The van der Waals surface area contributed by atoms with Crippen LogP contribution in [0.4, 0.5) is 11.5 Å². The molecule has 1 fully saturated rings. The summed E-state index contributed by atoms with van der Waals surface area (Å²) in [4.78, 5) is 20.3. The molecule has 0 radical (unpaired) electrons. The quantitative estimate of drug-likeness (QED) is 0.889. The molecule has 2 aromatic rings. The lowest BCUT2D eigenvalue weighted by molar-refractivity contribution is 0.0714. The van der Waals surface area contributed by atoms with E-state index in [1.807, 2.05) is 12.1 Å². The van der Waals surface area contributed by atoms with Gasteiger partial charge in [0.05, 0.1) is 12.0 Å². The van der Waals surface area contributed by atoms with Crippen LogP contribution in [0.25, 0.3) is 0 Å². The minimum atomic E-state index is -0.0661. The molecule has 6 heteroatoms. The molecule has 1 aliphatic rings. The maximum absolute atomic E-state index is 12.1. The Kier molecular flexibility index (Phi) is 3.28. The van der Waals surface area contributed by atoms with Gasteiger partial charge in [-0.1, -0.05) is 0 Å². The lowest BCUT2D eigenvalue weighted by Gasteiger charge is -2.35. The van der Waals surface area contributed by atoms with Crippen LogP contribution in [-0.4, -0.2) is 42.0 Å². The Bertz CT molecular complexity index is 589. The van der Waals surface area contributed by atoms with Crippen LogP contribution in [0.5, 0.6) is 0 Å². The molecule has 0 saturated carbocycles. The zero-order valence-electron chi connectivity index (χ0n) is 11.0. The number of hydrogen-bond donors (Lipinski definition) is 1. The molecule has 2 N–H and O–H groups in total. The Morgan fingerprint density at radius 2 is 2.00 bits per heavy atom. The average molecular weight is 272 g/mol. The monoisotopic (exact) mass is 272 g/mol. The Morgan fingerprint density at radius 3 is 2.65 bits per heavy atom. The fraction of sp³-hybridized carbons (Fsp3) is 0.286. The number of nitrogens with zero attached hydrogens (tertiary/aromatic N) is 3. The first-order valence-electron chi connectivity index (χ1n) is 6.54. The van der Waals surface area contributed by atoms with E-state index < -0.39 is 0 Å². The van der Waals surface area contributed by atoms with Gasteiger partial charge in [-0.15, -0.1) is 0 Å². The van der Waals surface area contributed by atoms with E-state index in [-0.39, 0.29) is 5.91 Å². The predicted octanol–water partition coefficient (Wildman–Crippen LogP) is 1.22. The van der Waals surface area contributed by atoms with E-state index in [0.717, 1.165) is 5.82 Å². The average Bonchev–Trinajstić information content (AvgIpc) is 3.01. The van der Waals surface area contributed by atoms with Crippen LogP contribution >= 0.6 is 0 Å². The largest absolute Gasteiger partial charge is 0.459 e. The zero-order chi connectivity index (χ0) is 13.9. The summed E-state index contributed by atoms with van der Waals surface area (Å²) in [7, 11) is 0. The minimum absolute atomic E-state index is 0.0661. The van der Waals surface area contributed by atoms with Gasteiger partial charge in [0, 0.05) is 32.4 Å². The van der Waals surface area contributed by atoms with Crippen LogP contribution in [0.1, 0.15) is 10.6 Å². The molecule has 3 rings (SSSR count). The predicted molar refractivity (Wildman–Crippen MR) is 75.5 cm³/mol. The molecule has 1 amide bonds. The third kappa shape index (κ3) is 2.32. The van der Waals surface area contributed by atoms with Crippen molar-refractivity contribution in [3.63, 3.8) is 0 Å². The van der Waals surface area contributed by atoms with E-state index >= 15 is 0 Å². The van der Waals surface area contributed by atoms with E-state index in [1.165, 1.54) is 6.26 Å². The summed E-state index contributed by atoms with van der Waals surface area (Å²) in [6.07, 6.45) is 3.24. The lowest BCUT2D eigenvalue weighted by Crippen LogP contribution is -2.49. The van der Waals surface area contributed by atoms with Gasteiger partial charge in [-0.3, -0.25) is 4.79 Å². The number of carbonyl (C=O) groups excluding carboxylic acids is 1. The zero-order valence-corrected chi connectivity index (χ0v) is 11.0. The van der Waals surface area contributed by atoms with Crippen molar-refractivity contribution in [1.29, 1.82) is 0 Å². The van der Waals surface area contributed by atoms with E-state index in [1.54, 1.807) is 23.2 Å². The van der Waals surface area contributed by atoms with Gasteiger partial charge in [-0.2, -0.15) is 0 Å². The van der Waals surface area contributed by atoms with Gasteiger partial charge in [0.25, 0.3) is 5.91 Å². The lowest BCUT2D eigenvalue weighted by atomic mass is 10.2. The van der Waals surface area contributed by atoms with Gasteiger partial charge in [-0.05, 0) is 24.3 Å². The van der Waals surface area contributed by atoms with Crippen LogP contribution in [0.3, 0.4) is 0 Å². The second-order valence-corrected chi connectivity index (χ2v) is 4.67. The van der Waals surface area contributed by atoms with Gasteiger partial charge in [0.15, 0.2) is 11.6 Å². The fourth-order valence-corrected chi connectivity index (χ4v) is 2.35. The van der Waals surface area contributed by atoms with Crippen molar-refractivity contribution in [3.05, 3.63) is 42.5 Å². The van der Waals surface area contributed by atoms with Crippen molar-refractivity contribution in [1.82, 2.24) is 9.88 Å². The molecule has 0 aromatic carbocycles. The maximum atomic E-state index is 12.1. The van der Waals surface area contributed by atoms with Gasteiger partial charge in [0.2, 0.25) is 0 Å². The SMILES string of the molecule is Nc1cccnc1N1CCN(C(=O)c2ccco2)CC1. The number of piperazine rings is 1. The normalized spacial score (nSPS) is 15.4. The summed E-state index contributed by atoms with van der Waals surface area (Å²) in [6.45, 7) is 2.70. The maximum Gasteiger partial charge on any atom is 0.289 e. The first kappa shape index (κ1) is 12.5. The summed E-state index contributed by atoms with van der Waals surface area (Å²) in [6, 6.07) is 7.06. The van der Waals surface area contributed by atoms with E-state index in [2.05, 4.69) is 9.88 Å². The van der Waals surface area contributed by atoms with Crippen molar-refractivity contribution >= 4 is 17.4 Å². The van der Waals surface area contributed by atoms with Crippen molar-refractivity contribution in [3.8, 4) is 0 Å². The highest BCUT2D eigenvalue weighted by molar-refractivity contribution is 5.91. The number of carbonyl (C=O) groups is 1. The molecule has 2 aromatic heterocycles. The van der Waals surface area contributed by atoms with Gasteiger partial charge in [0.1, 0.15) is 0 Å². The topological polar surface area (TPSA) is 75.6 Å². The second-order valence-electron chi connectivity index (χ2n) is 4.67. The molecular formula is C14H16N4O2. The van der Waals surface area contributed by atoms with E-state index in [0.29, 0.717) is 37.6 Å². The van der Waals surface area contributed by atoms with Crippen molar-refractivity contribution < 1.29 is 9.21 Å². The van der Waals surface area contributed by atoms with Crippen LogP contribution < -0.4 is 10.6 Å². The second kappa shape index (κ2) is 5.24. The summed E-state index contributed by atoms with van der Waals surface area (Å²) in [5.74, 6) is 1.11. The molecule has 0 bridgehead atoms. The number of aromatic nitrogens is 1. The van der Waals surface area contributed by atoms with Crippen LogP contribution in [0, 0.1) is 0 Å². The van der Waals surface area contributed by atoms with Gasteiger partial charge < -0.3 is 20.0 Å². The van der Waals surface area contributed by atoms with E-state index in [9.17, 15) is 4.79 Å². The molecule has 1 aliphatic heterocycles. The molecule has 0 unspecified atom stereocenters. The number of rotatable bonds is 2. The van der Waals surface area contributed by atoms with Crippen molar-refractivity contribution in [2.75, 3.05) is 36.8 Å². The molecule has 20 heavy (non-hydrogen) atoms. The first-order valence-corrected chi connectivity index (χ1v) is 6.54. The Labute approximate surface area is 116 Å². The van der Waals surface area contributed by atoms with Gasteiger partial charge >= 0.3 is 0 Å². The summed E-state index contributed by atoms with van der Waals surface area (Å²) in [5.41, 5.74) is 6.59. The molecule has 3 heterocycles. The van der Waals surface area contributed by atoms with Crippen molar-refractivity contribution in [2.45, 2.75) is 0 Å². The number of hydrogen-bond acceptors (Lipinski definition) is 5. The highest BCUT2D eigenvalue weighted by Crippen LogP contribution is 2.21. The number of amides is 1. The first-order chi connectivity index (χ1) is 9.75. The van der Waals surface area contributed by atoms with Crippen LogP contribution in [-0.2, 0) is 0 Å². The molecular weight excluding hydrogens is 256 g/mol. The smallest absolute Gasteiger partial charge is 0.289 e. The number of pyridine rings is 1. The summed E-state index contributed by atoms with van der Waals surface area (Å²) < 4.78 is 5.14. The number of nitrogen functional groups attached to an aromatic ring is 1. The minimum Gasteiger partial charge on any atom is -0.459 e. The third-order valence-electron chi connectivity index (χ3n) is 3.42. The fourth-order valence-electron chi connectivity index (χ4n) is 2.35. The molecule has 1 saturated heterocycles. The highest BCUT2D eigenvalue weighted by Gasteiger charge is 2.24. The Morgan fingerprint density at radius 1 is 1.20 bits per heavy atom. The highest BCUT2D eigenvalue weighted by atomic mass is 16.3. The standard InChI is InChI=1S/C14H16N4O2/c15-11-3-1-5-16-13(11)17-6-8-18(9-7-17)14(19)12-4-2-10-20-12/h1-5,10H,6-9,15H2. The molecule has 0 atom stereocenters. The molecule has 6 nitrogen and oxygen atoms in total. The number of anilines is 2. The number of nitrogens with two attached hydrogens (primary N) is 1. The number of furan rings is 1. The van der Waals surface area contributed by atoms with Crippen LogP contribution in [0.15, 0.2) is 41.1 Å². The van der Waals surface area contributed by atoms with Crippen LogP contribution in [0.2, 0.25) is 0 Å². The van der Waals surface area contributed by atoms with Crippen molar-refractivity contribution in [2.24, 2.45) is 0 Å². The molecule has 104 valence electrons. The van der Waals surface area contributed by atoms with E-state index in [4.69, 9.17) is 10.2 Å². The Hall–Kier alpha value is -2.50. The Balaban J connectivity index is 1.65. The summed E-state index contributed by atoms with van der Waals surface area (Å²) >= 11 is 0.